The molecule has 7 nitrogen and oxygen atoms in total. The van der Waals surface area contributed by atoms with Crippen LogP contribution in [0.2, 0.25) is 10.0 Å². The Bertz CT molecular complexity index is 1110. The normalized spacial score (nSPS) is 17.9. The highest BCUT2D eigenvalue weighted by atomic mass is 35.5. The van der Waals surface area contributed by atoms with E-state index in [1.165, 1.54) is 0 Å². The fourth-order valence-electron chi connectivity index (χ4n) is 4.23. The monoisotopic (exact) mass is 490 g/mol. The van der Waals surface area contributed by atoms with Crippen LogP contribution in [0.1, 0.15) is 56.9 Å². The third-order valence-electron chi connectivity index (χ3n) is 5.77. The van der Waals surface area contributed by atoms with E-state index in [-0.39, 0.29) is 41.8 Å². The number of nitrogens with zero attached hydrogens (tertiary/aromatic N) is 1. The van der Waals surface area contributed by atoms with E-state index < -0.39 is 12.0 Å². The number of carbonyl (C=O) groups is 3. The van der Waals surface area contributed by atoms with Crippen LogP contribution in [-0.4, -0.2) is 35.2 Å². The molecule has 3 rings (SSSR count). The lowest BCUT2D eigenvalue weighted by Gasteiger charge is -2.26. The molecule has 0 radical (unpaired) electrons. The van der Waals surface area contributed by atoms with E-state index in [0.717, 1.165) is 0 Å². The molecule has 1 aliphatic rings. The highest BCUT2D eigenvalue weighted by Gasteiger charge is 2.32. The molecule has 0 unspecified atom stereocenters. The van der Waals surface area contributed by atoms with E-state index in [0.29, 0.717) is 46.0 Å². The van der Waals surface area contributed by atoms with Crippen LogP contribution in [0.3, 0.4) is 0 Å². The van der Waals surface area contributed by atoms with Gasteiger partial charge in [0.25, 0.3) is 0 Å². The third kappa shape index (κ3) is 6.49. The van der Waals surface area contributed by atoms with E-state index in [2.05, 4.69) is 21.7 Å². The van der Waals surface area contributed by atoms with Gasteiger partial charge < -0.3 is 15.6 Å². The Balaban J connectivity index is 1.75. The molecule has 1 fully saturated rings. The molecule has 0 spiro atoms. The van der Waals surface area contributed by atoms with Crippen molar-refractivity contribution in [3.05, 3.63) is 33.9 Å². The van der Waals surface area contributed by atoms with Crippen molar-refractivity contribution < 1.29 is 14.4 Å². The number of Topliss-reactive ketones (excluding diaryl/α,β-unsaturated/α-hetero) is 1. The number of nitrogens with one attached hydrogen (secondary N) is 3. The first kappa shape index (κ1) is 25.1. The van der Waals surface area contributed by atoms with Crippen LogP contribution in [0, 0.1) is 28.6 Å². The van der Waals surface area contributed by atoms with Gasteiger partial charge in [0.15, 0.2) is 5.78 Å². The largest absolute Gasteiger partial charge is 0.356 e. The quantitative estimate of drug-likeness (QED) is 0.467. The second kappa shape index (κ2) is 10.1. The zero-order chi connectivity index (χ0) is 24.3. The zero-order valence-corrected chi connectivity index (χ0v) is 20.4. The first-order chi connectivity index (χ1) is 15.5. The molecular weight excluding hydrogens is 463 g/mol. The Kier molecular flexibility index (Phi) is 7.71. The van der Waals surface area contributed by atoms with Crippen molar-refractivity contribution in [2.45, 2.75) is 52.5 Å². The van der Waals surface area contributed by atoms with Crippen molar-refractivity contribution in [3.8, 4) is 6.07 Å². The molecular formula is C24H28Cl2N4O3. The van der Waals surface area contributed by atoms with Gasteiger partial charge in [0.2, 0.25) is 11.8 Å². The summed E-state index contributed by atoms with van der Waals surface area (Å²) in [6, 6.07) is 6.25. The number of hydrogen-bond donors (Lipinski definition) is 3. The molecule has 2 heterocycles. The number of carbonyl (C=O) groups excluding carboxylic acids is 3. The van der Waals surface area contributed by atoms with Crippen molar-refractivity contribution in [2.24, 2.45) is 17.3 Å². The summed E-state index contributed by atoms with van der Waals surface area (Å²) in [5.74, 6) is -1.60. The first-order valence-electron chi connectivity index (χ1n) is 11.0. The second-order valence-corrected chi connectivity index (χ2v) is 10.7. The molecule has 1 aliphatic heterocycles. The van der Waals surface area contributed by atoms with Crippen molar-refractivity contribution >= 4 is 51.7 Å². The summed E-state index contributed by atoms with van der Waals surface area (Å²) in [6.45, 7) is 6.56. The fraction of sp³-hybridized carbons (Fsp3) is 0.500. The van der Waals surface area contributed by atoms with Crippen LogP contribution in [0.25, 0.3) is 10.9 Å². The molecule has 0 saturated carbocycles. The molecule has 0 bridgehead atoms. The van der Waals surface area contributed by atoms with E-state index in [1.54, 1.807) is 18.2 Å². The minimum Gasteiger partial charge on any atom is -0.356 e. The summed E-state index contributed by atoms with van der Waals surface area (Å²) < 4.78 is 0. The van der Waals surface area contributed by atoms with Crippen LogP contribution in [0.5, 0.6) is 0 Å². The van der Waals surface area contributed by atoms with Crippen LogP contribution in [0.4, 0.5) is 0 Å². The van der Waals surface area contributed by atoms with Gasteiger partial charge in [-0.3, -0.25) is 14.4 Å². The number of H-pyrrole nitrogens is 1. The van der Waals surface area contributed by atoms with Crippen LogP contribution < -0.4 is 10.6 Å². The number of nitriles is 1. The number of rotatable bonds is 8. The van der Waals surface area contributed by atoms with Gasteiger partial charge in [-0.05, 0) is 42.9 Å². The van der Waals surface area contributed by atoms with Gasteiger partial charge in [-0.1, -0.05) is 44.0 Å². The number of benzene rings is 1. The summed E-state index contributed by atoms with van der Waals surface area (Å²) >= 11 is 12.3. The van der Waals surface area contributed by atoms with E-state index in [1.807, 2.05) is 20.8 Å². The molecule has 33 heavy (non-hydrogen) atoms. The van der Waals surface area contributed by atoms with Gasteiger partial charge in [-0.25, -0.2) is 0 Å². The molecule has 1 saturated heterocycles. The van der Waals surface area contributed by atoms with E-state index >= 15 is 0 Å². The number of fused-ring (bicyclic) bond motifs is 1. The molecule has 2 amide bonds. The predicted molar refractivity (Wildman–Crippen MR) is 128 cm³/mol. The van der Waals surface area contributed by atoms with Crippen molar-refractivity contribution in [1.82, 2.24) is 15.6 Å². The van der Waals surface area contributed by atoms with Gasteiger partial charge in [0.05, 0.1) is 16.8 Å². The van der Waals surface area contributed by atoms with Crippen LogP contribution >= 0.6 is 23.2 Å². The van der Waals surface area contributed by atoms with E-state index in [9.17, 15) is 19.6 Å². The average molecular weight is 491 g/mol. The van der Waals surface area contributed by atoms with Gasteiger partial charge >= 0.3 is 0 Å². The summed E-state index contributed by atoms with van der Waals surface area (Å²) in [7, 11) is 0. The first-order valence-corrected chi connectivity index (χ1v) is 11.7. The molecule has 3 N–H and O–H groups in total. The van der Waals surface area contributed by atoms with E-state index in [4.69, 9.17) is 23.2 Å². The Morgan fingerprint density at radius 3 is 2.61 bits per heavy atom. The Morgan fingerprint density at radius 1 is 1.27 bits per heavy atom. The number of ketones is 1. The van der Waals surface area contributed by atoms with Crippen LogP contribution in [-0.2, 0) is 9.59 Å². The fourth-order valence-corrected chi connectivity index (χ4v) is 4.78. The number of hydrogen-bond acceptors (Lipinski definition) is 4. The van der Waals surface area contributed by atoms with Gasteiger partial charge in [0.1, 0.15) is 6.04 Å². The second-order valence-electron chi connectivity index (χ2n) is 9.82. The Hall–Kier alpha value is -2.56. The minimum absolute atomic E-state index is 0.0245. The minimum atomic E-state index is -0.794. The maximum Gasteiger partial charge on any atom is 0.224 e. The number of halogens is 2. The summed E-state index contributed by atoms with van der Waals surface area (Å²) in [6.07, 6.45) is 1.33. The lowest BCUT2D eigenvalue weighted by molar-refractivity contribution is -0.127. The summed E-state index contributed by atoms with van der Waals surface area (Å²) in [4.78, 5) is 41.1. The summed E-state index contributed by atoms with van der Waals surface area (Å²) in [5, 5.41) is 16.6. The van der Waals surface area contributed by atoms with Crippen LogP contribution in [0.15, 0.2) is 18.2 Å². The predicted octanol–water partition coefficient (Wildman–Crippen LogP) is 4.63. The summed E-state index contributed by atoms with van der Waals surface area (Å²) in [5.41, 5.74) is 0.778. The third-order valence-corrected chi connectivity index (χ3v) is 6.30. The van der Waals surface area contributed by atoms with Gasteiger partial charge in [-0.15, -0.1) is 0 Å². The maximum atomic E-state index is 13.1. The molecule has 9 heteroatoms. The lowest BCUT2D eigenvalue weighted by Crippen LogP contribution is -2.41. The Labute approximate surface area is 203 Å². The number of aromatic amines is 1. The zero-order valence-electron chi connectivity index (χ0n) is 18.9. The highest BCUT2D eigenvalue weighted by Crippen LogP contribution is 2.31. The molecule has 176 valence electrons. The number of amides is 2. The molecule has 0 aliphatic carbocycles. The Morgan fingerprint density at radius 2 is 2.00 bits per heavy atom. The molecule has 3 atom stereocenters. The average Bonchev–Trinajstić information content (AvgIpc) is 3.32. The highest BCUT2D eigenvalue weighted by molar-refractivity contribution is 6.38. The van der Waals surface area contributed by atoms with Crippen molar-refractivity contribution in [1.29, 1.82) is 5.26 Å². The molecule has 1 aromatic carbocycles. The topological polar surface area (TPSA) is 115 Å². The van der Waals surface area contributed by atoms with Gasteiger partial charge in [0, 0.05) is 40.7 Å². The molecule has 1 aromatic heterocycles. The van der Waals surface area contributed by atoms with Gasteiger partial charge in [-0.2, -0.15) is 5.26 Å². The smallest absolute Gasteiger partial charge is 0.224 e. The molecule has 2 aromatic rings. The number of aromatic nitrogens is 1. The lowest BCUT2D eigenvalue weighted by atomic mass is 9.81. The standard InChI is InChI=1S/C24H28Cl2N4O3/c1-24(2,3)11-14(23(33)29-16(12-27)6-13-4-5-28-22(13)32)7-21(31)20-10-17-18(26)8-15(25)9-19(17)30-20/h8-10,13-14,16,30H,4-7,11H2,1-3H3,(H,28,32)(H,29,33)/t13-,14-,16-/m0/s1. The SMILES string of the molecule is CC(C)(C)C[C@H](CC(=O)c1cc2c(Cl)cc(Cl)cc2[nH]1)C(=O)N[C@H](C#N)C[C@@H]1CCNC1=O. The van der Waals surface area contributed by atoms with Crippen molar-refractivity contribution in [2.75, 3.05) is 6.54 Å². The van der Waals surface area contributed by atoms with Crippen molar-refractivity contribution in [3.63, 3.8) is 0 Å². The maximum absolute atomic E-state index is 13.1.